The molecule has 0 N–H and O–H groups in total. The van der Waals surface area contributed by atoms with Crippen molar-refractivity contribution in [2.75, 3.05) is 0 Å². The summed E-state index contributed by atoms with van der Waals surface area (Å²) in [6.45, 7) is 7.05. The summed E-state index contributed by atoms with van der Waals surface area (Å²) in [5.74, 6) is -1.23. The van der Waals surface area contributed by atoms with E-state index in [1.807, 2.05) is 0 Å². The molecule has 0 atom stereocenters. The second-order valence-corrected chi connectivity index (χ2v) is 7.15. The van der Waals surface area contributed by atoms with Crippen molar-refractivity contribution in [1.29, 1.82) is 0 Å². The summed E-state index contributed by atoms with van der Waals surface area (Å²) in [6.07, 6.45) is 1.40. The van der Waals surface area contributed by atoms with Crippen LogP contribution in [0.3, 0.4) is 0 Å². The molecule has 1 aliphatic heterocycles. The van der Waals surface area contributed by atoms with Gasteiger partial charge < -0.3 is 8.92 Å². The van der Waals surface area contributed by atoms with Crippen LogP contribution in [-0.4, -0.2) is 19.9 Å². The molecule has 5 nitrogen and oxygen atoms in total. The molecule has 0 aliphatic carbocycles. The van der Waals surface area contributed by atoms with Gasteiger partial charge in [-0.05, 0) is 11.6 Å². The number of rotatable bonds is 3. The lowest BCUT2D eigenvalue weighted by Gasteiger charge is -2.32. The van der Waals surface area contributed by atoms with Crippen LogP contribution in [0.25, 0.3) is 6.08 Å². The van der Waals surface area contributed by atoms with Gasteiger partial charge in [-0.3, -0.25) is 4.79 Å². The van der Waals surface area contributed by atoms with Crippen molar-refractivity contribution < 1.29 is 35.3 Å². The van der Waals surface area contributed by atoms with Crippen molar-refractivity contribution >= 4 is 22.2 Å². The molecule has 0 fully saturated rings. The zero-order valence-corrected chi connectivity index (χ0v) is 13.0. The first-order chi connectivity index (χ1) is 10.4. The van der Waals surface area contributed by atoms with Gasteiger partial charge in [0.15, 0.2) is 0 Å². The Balaban J connectivity index is 2.57. The van der Waals surface area contributed by atoms with E-state index in [0.717, 1.165) is 12.1 Å². The molecule has 9 heteroatoms. The van der Waals surface area contributed by atoms with E-state index in [4.69, 9.17) is 4.74 Å². The molecule has 0 bridgehead atoms. The Labute approximate surface area is 130 Å². The number of hydrogen-bond donors (Lipinski definition) is 0. The Hall–Kier alpha value is -2.03. The first-order valence-corrected chi connectivity index (χ1v) is 7.80. The molecule has 126 valence electrons. The minimum atomic E-state index is -5.82. The average molecular weight is 350 g/mol. The quantitative estimate of drug-likeness (QED) is 0.362. The van der Waals surface area contributed by atoms with E-state index in [1.165, 1.54) is 6.08 Å². The summed E-state index contributed by atoms with van der Waals surface area (Å²) in [5, 5.41) is 0. The fraction of sp³-hybridized carbons (Fsp3) is 0.357. The van der Waals surface area contributed by atoms with Crippen molar-refractivity contribution in [1.82, 2.24) is 0 Å². The third-order valence-electron chi connectivity index (χ3n) is 3.30. The molecule has 1 aliphatic rings. The van der Waals surface area contributed by atoms with E-state index in [9.17, 15) is 26.4 Å². The minimum absolute atomic E-state index is 0.0453. The molecule has 1 heterocycles. The van der Waals surface area contributed by atoms with E-state index in [1.54, 1.807) is 13.8 Å². The Bertz CT molecular complexity index is 778. The van der Waals surface area contributed by atoms with Gasteiger partial charge in [0.2, 0.25) is 0 Å². The van der Waals surface area contributed by atoms with Gasteiger partial charge in [-0.2, -0.15) is 21.6 Å². The van der Waals surface area contributed by atoms with Crippen LogP contribution in [0, 0.1) is 0 Å². The number of halogens is 3. The number of carbonyl (C=O) groups excluding carboxylic acids is 1. The maximum atomic E-state index is 12.4. The first kappa shape index (κ1) is 17.3. The van der Waals surface area contributed by atoms with Gasteiger partial charge in [-0.25, -0.2) is 0 Å². The third-order valence-corrected chi connectivity index (χ3v) is 4.28. The minimum Gasteiger partial charge on any atom is -0.426 e. The number of hydrogen-bond acceptors (Lipinski definition) is 5. The van der Waals surface area contributed by atoms with Gasteiger partial charge in [0.05, 0.1) is 6.42 Å². The van der Waals surface area contributed by atoms with Crippen LogP contribution in [0.4, 0.5) is 13.2 Å². The van der Waals surface area contributed by atoms with Crippen LogP contribution in [0.15, 0.2) is 18.7 Å². The van der Waals surface area contributed by atoms with E-state index in [0.29, 0.717) is 11.1 Å². The van der Waals surface area contributed by atoms with E-state index >= 15 is 0 Å². The van der Waals surface area contributed by atoms with Crippen molar-refractivity contribution in [3.63, 3.8) is 0 Å². The predicted molar refractivity (Wildman–Crippen MR) is 75.4 cm³/mol. The number of carbonyl (C=O) groups is 1. The Morgan fingerprint density at radius 1 is 1.35 bits per heavy atom. The van der Waals surface area contributed by atoms with E-state index < -0.39 is 32.8 Å². The van der Waals surface area contributed by atoms with Crippen LogP contribution in [0.1, 0.15) is 31.4 Å². The molecule has 0 amide bonds. The van der Waals surface area contributed by atoms with Crippen LogP contribution < -0.4 is 8.92 Å². The number of benzene rings is 1. The molecule has 0 saturated heterocycles. The van der Waals surface area contributed by atoms with Gasteiger partial charge in [0.25, 0.3) is 0 Å². The van der Waals surface area contributed by atoms with Crippen LogP contribution in [0.2, 0.25) is 0 Å². The van der Waals surface area contributed by atoms with Gasteiger partial charge >= 0.3 is 21.6 Å². The fourth-order valence-corrected chi connectivity index (χ4v) is 2.85. The summed E-state index contributed by atoms with van der Waals surface area (Å²) >= 11 is 0. The maximum Gasteiger partial charge on any atom is 0.534 e. The average Bonchev–Trinajstić information content (AvgIpc) is 2.33. The summed E-state index contributed by atoms with van der Waals surface area (Å²) < 4.78 is 68.5. The first-order valence-electron chi connectivity index (χ1n) is 6.40. The van der Waals surface area contributed by atoms with Gasteiger partial charge in [0, 0.05) is 17.0 Å². The molecule has 23 heavy (non-hydrogen) atoms. The topological polar surface area (TPSA) is 69.7 Å². The van der Waals surface area contributed by atoms with Crippen LogP contribution in [-0.2, 0) is 20.3 Å². The monoisotopic (exact) mass is 350 g/mol. The van der Waals surface area contributed by atoms with E-state index in [-0.39, 0.29) is 12.2 Å². The molecule has 0 radical (unpaired) electrons. The summed E-state index contributed by atoms with van der Waals surface area (Å²) in [6, 6.07) is 2.06. The highest BCUT2D eigenvalue weighted by Gasteiger charge is 2.49. The summed E-state index contributed by atoms with van der Waals surface area (Å²) in [4.78, 5) is 11.6. The van der Waals surface area contributed by atoms with Gasteiger partial charge in [0.1, 0.15) is 11.5 Å². The smallest absolute Gasteiger partial charge is 0.426 e. The normalized spacial score (nSPS) is 17.2. The lowest BCUT2D eigenvalue weighted by Crippen LogP contribution is -2.32. The molecular weight excluding hydrogens is 337 g/mol. The molecule has 2 rings (SSSR count). The summed E-state index contributed by atoms with van der Waals surface area (Å²) in [5.41, 5.74) is -5.33. The largest absolute Gasteiger partial charge is 0.534 e. The lowest BCUT2D eigenvalue weighted by atomic mass is 9.77. The molecule has 0 saturated carbocycles. The fourth-order valence-electron chi connectivity index (χ4n) is 2.41. The Kier molecular flexibility index (Phi) is 3.96. The zero-order chi connectivity index (χ0) is 17.6. The van der Waals surface area contributed by atoms with Crippen LogP contribution >= 0.6 is 0 Å². The molecule has 0 aromatic heterocycles. The zero-order valence-electron chi connectivity index (χ0n) is 12.2. The number of alkyl halides is 3. The lowest BCUT2D eigenvalue weighted by molar-refractivity contribution is -0.136. The van der Waals surface area contributed by atoms with Crippen LogP contribution in [0.5, 0.6) is 11.5 Å². The number of esters is 1. The maximum absolute atomic E-state index is 12.4. The Morgan fingerprint density at radius 2 is 1.96 bits per heavy atom. The highest BCUT2D eigenvalue weighted by Crippen LogP contribution is 2.44. The van der Waals surface area contributed by atoms with Gasteiger partial charge in [-0.1, -0.05) is 26.5 Å². The molecule has 1 aromatic rings. The highest BCUT2D eigenvalue weighted by molar-refractivity contribution is 7.88. The second-order valence-electron chi connectivity index (χ2n) is 5.61. The van der Waals surface area contributed by atoms with Crippen molar-refractivity contribution in [2.24, 2.45) is 0 Å². The third kappa shape index (κ3) is 3.19. The number of fused-ring (bicyclic) bond motifs is 1. The van der Waals surface area contributed by atoms with Gasteiger partial charge in [-0.15, -0.1) is 0 Å². The standard InChI is InChI=1S/C14H13F3O5S/c1-4-8-5-9(22-23(19,20)14(15,16)17)6-10-12(8)13(2,3)7-11(18)21-10/h4-6H,1,7H2,2-3H3. The predicted octanol–water partition coefficient (Wildman–Crippen LogP) is 3.14. The van der Waals surface area contributed by atoms with Crippen molar-refractivity contribution in [2.45, 2.75) is 31.2 Å². The molecule has 1 aromatic carbocycles. The molecule has 0 spiro atoms. The highest BCUT2D eigenvalue weighted by atomic mass is 32.2. The molecular formula is C14H13F3O5S. The SMILES string of the molecule is C=Cc1cc(OS(=O)(=O)C(F)(F)F)cc2c1C(C)(C)CC(=O)O2. The Morgan fingerprint density at radius 3 is 2.48 bits per heavy atom. The second kappa shape index (κ2) is 5.26. The van der Waals surface area contributed by atoms with Crippen molar-refractivity contribution in [3.05, 3.63) is 29.8 Å². The molecule has 0 unspecified atom stereocenters. The number of ether oxygens (including phenoxy) is 1. The van der Waals surface area contributed by atoms with E-state index in [2.05, 4.69) is 10.8 Å². The summed E-state index contributed by atoms with van der Waals surface area (Å²) in [7, 11) is -5.82. The van der Waals surface area contributed by atoms with Crippen molar-refractivity contribution in [3.8, 4) is 11.5 Å².